The molecule has 0 amide bonds. The number of nitrogens with one attached hydrogen (secondary N) is 3. The standard InChI is InChI=1S/C27H21ClN8O10S2/c1-29-19-6-4-15-16(10-14(11-21(15)38)47(41,42)43)23(19)36-35-18-5-2-13(9-22(18)48(44,45)46)31-27-33-25(28)32-26(34-27)30-12-3-7-20(37)17(8-12)24(39)40/h2-11,29,37-38H,1H3,(H,39,40)(H,41,42,43)(H,44,45,46)(H2,30,31,32,33,34). The average molecular weight is 717 g/mol. The minimum atomic E-state index is -4.94. The van der Waals surface area contributed by atoms with Crippen LogP contribution in [0.2, 0.25) is 5.28 Å². The zero-order chi connectivity index (χ0) is 35.0. The summed E-state index contributed by atoms with van der Waals surface area (Å²) in [5.74, 6) is -2.35. The molecule has 0 saturated heterocycles. The molecule has 0 aliphatic rings. The molecule has 0 atom stereocenters. The van der Waals surface area contributed by atoms with Crippen LogP contribution >= 0.6 is 11.6 Å². The summed E-state index contributed by atoms with van der Waals surface area (Å²) >= 11 is 6.06. The summed E-state index contributed by atoms with van der Waals surface area (Å²) in [7, 11) is -8.16. The van der Waals surface area contributed by atoms with E-state index >= 15 is 0 Å². The van der Waals surface area contributed by atoms with E-state index in [-0.39, 0.29) is 55.7 Å². The lowest BCUT2D eigenvalue weighted by Crippen LogP contribution is -2.26. The molecule has 0 fully saturated rings. The first-order valence-corrected chi connectivity index (χ1v) is 16.3. The molecule has 1 heterocycles. The van der Waals surface area contributed by atoms with Crippen molar-refractivity contribution in [3.05, 3.63) is 82.7 Å². The van der Waals surface area contributed by atoms with Gasteiger partial charge in [-0.05, 0) is 66.2 Å². The number of carboxylic acids is 1. The van der Waals surface area contributed by atoms with E-state index in [1.54, 1.807) is 0 Å². The number of carbonyl (C=O) groups is 1. The second-order valence-electron chi connectivity index (χ2n) is 9.61. The molecule has 0 radical (unpaired) electrons. The molecular weight excluding hydrogens is 696 g/mol. The predicted molar refractivity (Wildman–Crippen MR) is 169 cm³/mol. The van der Waals surface area contributed by atoms with Crippen molar-refractivity contribution in [3.63, 3.8) is 0 Å². The summed E-state index contributed by atoms with van der Waals surface area (Å²) in [6, 6.07) is 11.8. The van der Waals surface area contributed by atoms with Crippen LogP contribution in [0.25, 0.3) is 10.8 Å². The smallest absolute Gasteiger partial charge is 0.339 e. The number of aromatic hydroxyl groups is 2. The van der Waals surface area contributed by atoms with Gasteiger partial charge in [-0.2, -0.15) is 21.8 Å². The van der Waals surface area contributed by atoms with Gasteiger partial charge in [-0.3, -0.25) is 14.1 Å². The van der Waals surface area contributed by atoms with Crippen LogP contribution in [0.15, 0.2) is 90.7 Å². The van der Waals surface area contributed by atoms with Gasteiger partial charge in [0, 0.05) is 23.9 Å². The Morgan fingerprint density at radius 3 is 2.21 bits per heavy atom. The topological polar surface area (TPSA) is 292 Å². The molecular formula is C27H21ClN8O10S2. The maximum atomic E-state index is 12.4. The maximum Gasteiger partial charge on any atom is 0.339 e. The van der Waals surface area contributed by atoms with E-state index in [0.29, 0.717) is 0 Å². The third kappa shape index (κ3) is 7.32. The van der Waals surface area contributed by atoms with Crippen molar-refractivity contribution in [1.29, 1.82) is 0 Å². The predicted octanol–water partition coefficient (Wildman–Crippen LogP) is 4.07. The van der Waals surface area contributed by atoms with E-state index in [4.69, 9.17) is 11.6 Å². The van der Waals surface area contributed by atoms with Crippen molar-refractivity contribution in [2.75, 3.05) is 12.4 Å². The van der Waals surface area contributed by atoms with Gasteiger partial charge in [0.2, 0.25) is 16.5 Å². The first kappa shape index (κ1) is 33.7. The number of hydrogen-bond acceptors (Lipinski definition) is 13. The minimum absolute atomic E-state index is 0.0339. The van der Waals surface area contributed by atoms with Gasteiger partial charge in [-0.15, -0.1) is 10.2 Å². The Morgan fingerprint density at radius 1 is 0.833 bits per heavy atom. The molecule has 248 valence electrons. The number of H-pyrrole nitrogens is 2. The Labute approximate surface area is 274 Å². The number of hydrogen-bond donors (Lipinski definition) is 8. The summed E-state index contributed by atoms with van der Waals surface area (Å²) in [5.41, 5.74) is -0.749. The zero-order valence-electron chi connectivity index (χ0n) is 24.0. The molecule has 18 nitrogen and oxygen atoms in total. The molecule has 5 rings (SSSR count). The van der Waals surface area contributed by atoms with Gasteiger partial charge in [0.15, 0.2) is 0 Å². The van der Waals surface area contributed by atoms with Crippen LogP contribution in [-0.4, -0.2) is 69.2 Å². The van der Waals surface area contributed by atoms with Crippen LogP contribution in [0, 0.1) is 0 Å². The van der Waals surface area contributed by atoms with Crippen molar-refractivity contribution in [2.24, 2.45) is 20.2 Å². The molecule has 0 saturated carbocycles. The number of phenolic OH excluding ortho intramolecular Hbond substituents is 1. The highest BCUT2D eigenvalue weighted by molar-refractivity contribution is 7.86. The molecule has 8 N–H and O–H groups in total. The monoisotopic (exact) mass is 716 g/mol. The van der Waals surface area contributed by atoms with Gasteiger partial charge >= 0.3 is 5.97 Å². The third-order valence-electron chi connectivity index (χ3n) is 6.45. The summed E-state index contributed by atoms with van der Waals surface area (Å²) in [4.78, 5) is 27.5. The fourth-order valence-electron chi connectivity index (χ4n) is 4.31. The van der Waals surface area contributed by atoms with Crippen LogP contribution in [0.3, 0.4) is 0 Å². The quantitative estimate of drug-likeness (QED) is 0.0833. The van der Waals surface area contributed by atoms with Gasteiger partial charge in [0.25, 0.3) is 20.2 Å². The van der Waals surface area contributed by atoms with E-state index in [2.05, 4.69) is 40.5 Å². The van der Waals surface area contributed by atoms with E-state index in [0.717, 1.165) is 36.4 Å². The lowest BCUT2D eigenvalue weighted by Gasteiger charge is -2.11. The summed E-state index contributed by atoms with van der Waals surface area (Å²) in [6.45, 7) is 0. The van der Waals surface area contributed by atoms with Crippen LogP contribution in [0.1, 0.15) is 10.4 Å². The maximum absolute atomic E-state index is 12.4. The second-order valence-corrected chi connectivity index (χ2v) is 12.8. The molecule has 0 bridgehead atoms. The van der Waals surface area contributed by atoms with Gasteiger partial charge in [-0.25, -0.2) is 14.8 Å². The largest absolute Gasteiger partial charge is 0.507 e. The van der Waals surface area contributed by atoms with Crippen molar-refractivity contribution >= 4 is 77.0 Å². The Morgan fingerprint density at radius 2 is 1.54 bits per heavy atom. The van der Waals surface area contributed by atoms with Gasteiger partial charge in [0.1, 0.15) is 33.3 Å². The summed E-state index contributed by atoms with van der Waals surface area (Å²) in [6.07, 6.45) is 0. The SMILES string of the molecule is CNc1ccc2c(O)cc(S(=O)(=O)O)cc2c1N=Nc1ccc(N=c2[nH]c(Cl)nc(=Nc3ccc(O)c(C(=O)O)c3)[nH]2)cc1S(=O)(=O)O. The van der Waals surface area contributed by atoms with Gasteiger partial charge in [0.05, 0.1) is 22.0 Å². The van der Waals surface area contributed by atoms with Crippen LogP contribution < -0.4 is 16.6 Å². The molecule has 4 aromatic carbocycles. The van der Waals surface area contributed by atoms with E-state index in [9.17, 15) is 46.1 Å². The van der Waals surface area contributed by atoms with E-state index in [1.165, 1.54) is 31.3 Å². The number of aromatic carboxylic acids is 1. The van der Waals surface area contributed by atoms with Crippen molar-refractivity contribution in [3.8, 4) is 11.5 Å². The fourth-order valence-corrected chi connectivity index (χ4v) is 5.65. The van der Waals surface area contributed by atoms with Crippen molar-refractivity contribution in [2.45, 2.75) is 9.79 Å². The molecule has 1 aromatic heterocycles. The molecule has 5 aromatic rings. The number of rotatable bonds is 8. The van der Waals surface area contributed by atoms with E-state index < -0.39 is 53.1 Å². The Bertz CT molecular complexity index is 2530. The molecule has 0 aliphatic heterocycles. The highest BCUT2D eigenvalue weighted by atomic mass is 35.5. The Kier molecular flexibility index (Phi) is 9.02. The fraction of sp³-hybridized carbons (Fsp3) is 0.0370. The van der Waals surface area contributed by atoms with Crippen molar-refractivity contribution in [1.82, 2.24) is 15.0 Å². The number of aromatic nitrogens is 3. The third-order valence-corrected chi connectivity index (χ3v) is 8.34. The van der Waals surface area contributed by atoms with Crippen LogP contribution in [0.5, 0.6) is 11.5 Å². The molecule has 21 heteroatoms. The minimum Gasteiger partial charge on any atom is -0.507 e. The Balaban J connectivity index is 1.61. The number of fused-ring (bicyclic) bond motifs is 1. The van der Waals surface area contributed by atoms with E-state index in [1.807, 2.05) is 0 Å². The van der Waals surface area contributed by atoms with Gasteiger partial charge in [-0.1, -0.05) is 0 Å². The highest BCUT2D eigenvalue weighted by Crippen LogP contribution is 2.41. The number of anilines is 1. The average Bonchev–Trinajstić information content (AvgIpc) is 2.99. The molecule has 0 spiro atoms. The number of halogens is 1. The molecule has 48 heavy (non-hydrogen) atoms. The lowest BCUT2D eigenvalue weighted by molar-refractivity contribution is 0.0693. The van der Waals surface area contributed by atoms with Crippen LogP contribution in [-0.2, 0) is 20.2 Å². The number of benzene rings is 4. The number of nitrogens with zero attached hydrogens (tertiary/aromatic N) is 5. The first-order chi connectivity index (χ1) is 22.5. The zero-order valence-corrected chi connectivity index (χ0v) is 26.4. The number of phenols is 2. The summed E-state index contributed by atoms with van der Waals surface area (Å²) < 4.78 is 67.8. The number of aromatic amines is 2. The summed E-state index contributed by atoms with van der Waals surface area (Å²) in [5, 5.41) is 40.2. The first-order valence-electron chi connectivity index (χ1n) is 13.0. The Hall–Kier alpha value is -5.67. The van der Waals surface area contributed by atoms with Crippen LogP contribution in [0.4, 0.5) is 28.4 Å². The molecule has 0 unspecified atom stereocenters. The second kappa shape index (κ2) is 12.8. The van der Waals surface area contributed by atoms with Gasteiger partial charge < -0.3 is 25.6 Å². The number of carboxylic acid groups (broad SMARTS) is 1. The molecule has 0 aliphatic carbocycles. The lowest BCUT2D eigenvalue weighted by atomic mass is 10.1. The normalized spacial score (nSPS) is 13.0. The highest BCUT2D eigenvalue weighted by Gasteiger charge is 2.19. The van der Waals surface area contributed by atoms with Crippen molar-refractivity contribution < 1.29 is 46.1 Å². The number of azo groups is 1.